The second kappa shape index (κ2) is 7.17. The lowest BCUT2D eigenvalue weighted by Crippen LogP contribution is -2.18. The van der Waals surface area contributed by atoms with E-state index in [1.807, 2.05) is 11.8 Å². The van der Waals surface area contributed by atoms with Crippen molar-refractivity contribution in [3.63, 3.8) is 0 Å². The lowest BCUT2D eigenvalue weighted by molar-refractivity contribution is 0.100. The van der Waals surface area contributed by atoms with E-state index in [0.717, 1.165) is 25.0 Å². The topological polar surface area (TPSA) is 21.3 Å². The minimum atomic E-state index is 0.442. The summed E-state index contributed by atoms with van der Waals surface area (Å²) in [5.41, 5.74) is 1.37. The van der Waals surface area contributed by atoms with Crippen molar-refractivity contribution in [2.75, 3.05) is 19.8 Å². The number of nitrogens with one attached hydrogen (secondary N) is 1. The first-order valence-corrected chi connectivity index (χ1v) is 7.75. The zero-order valence-electron chi connectivity index (χ0n) is 11.3. The van der Waals surface area contributed by atoms with Gasteiger partial charge in [-0.15, -0.1) is 11.8 Å². The second-order valence-corrected chi connectivity index (χ2v) is 6.15. The monoisotopic (exact) mass is 265 g/mol. The molecule has 1 fully saturated rings. The lowest BCUT2D eigenvalue weighted by atomic mass is 10.1. The minimum Gasteiger partial charge on any atom is -0.381 e. The Morgan fingerprint density at radius 2 is 1.94 bits per heavy atom. The lowest BCUT2D eigenvalue weighted by Gasteiger charge is -2.21. The zero-order valence-corrected chi connectivity index (χ0v) is 12.1. The Morgan fingerprint density at radius 3 is 2.56 bits per heavy atom. The molecule has 2 rings (SSSR count). The summed E-state index contributed by atoms with van der Waals surface area (Å²) < 4.78 is 5.39. The summed E-state index contributed by atoms with van der Waals surface area (Å²) in [6.45, 7) is 7.22. The highest BCUT2D eigenvalue weighted by atomic mass is 32.2. The van der Waals surface area contributed by atoms with Crippen molar-refractivity contribution < 1.29 is 4.74 Å². The number of rotatable bonds is 5. The van der Waals surface area contributed by atoms with Gasteiger partial charge in [0.25, 0.3) is 0 Å². The third-order valence-corrected chi connectivity index (χ3v) is 4.71. The minimum absolute atomic E-state index is 0.442. The van der Waals surface area contributed by atoms with Crippen LogP contribution in [-0.4, -0.2) is 25.0 Å². The van der Waals surface area contributed by atoms with E-state index in [4.69, 9.17) is 4.74 Å². The van der Waals surface area contributed by atoms with E-state index in [0.29, 0.717) is 6.04 Å². The van der Waals surface area contributed by atoms with Gasteiger partial charge in [0.2, 0.25) is 0 Å². The molecule has 1 heterocycles. The van der Waals surface area contributed by atoms with Crippen LogP contribution in [0.2, 0.25) is 0 Å². The quantitative estimate of drug-likeness (QED) is 0.878. The molecule has 0 aromatic heterocycles. The molecular weight excluding hydrogens is 242 g/mol. The molecule has 0 spiro atoms. The first kappa shape index (κ1) is 13.9. The second-order valence-electron chi connectivity index (χ2n) is 4.78. The fourth-order valence-corrected chi connectivity index (χ4v) is 3.35. The van der Waals surface area contributed by atoms with Gasteiger partial charge in [0, 0.05) is 29.4 Å². The number of hydrogen-bond acceptors (Lipinski definition) is 3. The van der Waals surface area contributed by atoms with Crippen LogP contribution in [0.3, 0.4) is 0 Å². The van der Waals surface area contributed by atoms with Gasteiger partial charge in [-0.25, -0.2) is 0 Å². The maximum Gasteiger partial charge on any atom is 0.0476 e. The van der Waals surface area contributed by atoms with Crippen molar-refractivity contribution in [1.29, 1.82) is 0 Å². The molecular formula is C15H23NOS. The van der Waals surface area contributed by atoms with Gasteiger partial charge in [-0.05, 0) is 44.0 Å². The van der Waals surface area contributed by atoms with Gasteiger partial charge in [0.1, 0.15) is 0 Å². The molecule has 1 aromatic carbocycles. The van der Waals surface area contributed by atoms with Crippen LogP contribution in [0.4, 0.5) is 0 Å². The Bertz CT molecular complexity index is 346. The molecule has 18 heavy (non-hydrogen) atoms. The van der Waals surface area contributed by atoms with Crippen LogP contribution in [0, 0.1) is 0 Å². The third-order valence-electron chi connectivity index (χ3n) is 3.36. The van der Waals surface area contributed by atoms with Crippen molar-refractivity contribution in [2.24, 2.45) is 0 Å². The van der Waals surface area contributed by atoms with Gasteiger partial charge >= 0.3 is 0 Å². The maximum atomic E-state index is 5.39. The van der Waals surface area contributed by atoms with E-state index >= 15 is 0 Å². The average molecular weight is 265 g/mol. The molecule has 0 amide bonds. The predicted molar refractivity (Wildman–Crippen MR) is 78.2 cm³/mol. The first-order chi connectivity index (χ1) is 8.79. The number of ether oxygens (including phenoxy) is 1. The molecule has 3 heteroatoms. The Morgan fingerprint density at radius 1 is 1.28 bits per heavy atom. The van der Waals surface area contributed by atoms with Crippen molar-refractivity contribution in [3.05, 3.63) is 29.8 Å². The van der Waals surface area contributed by atoms with E-state index < -0.39 is 0 Å². The van der Waals surface area contributed by atoms with Crippen molar-refractivity contribution in [2.45, 2.75) is 42.9 Å². The van der Waals surface area contributed by atoms with E-state index in [1.165, 1.54) is 23.3 Å². The Balaban J connectivity index is 1.90. The molecule has 2 nitrogen and oxygen atoms in total. The number of thioether (sulfide) groups is 1. The van der Waals surface area contributed by atoms with Gasteiger partial charge in [0.15, 0.2) is 0 Å². The smallest absolute Gasteiger partial charge is 0.0476 e. The van der Waals surface area contributed by atoms with Crippen LogP contribution >= 0.6 is 11.8 Å². The molecule has 1 N–H and O–H groups in total. The zero-order chi connectivity index (χ0) is 12.8. The van der Waals surface area contributed by atoms with Gasteiger partial charge in [-0.3, -0.25) is 0 Å². The molecule has 1 aliphatic rings. The van der Waals surface area contributed by atoms with Crippen LogP contribution in [0.5, 0.6) is 0 Å². The predicted octanol–water partition coefficient (Wildman–Crippen LogP) is 3.63. The van der Waals surface area contributed by atoms with Crippen LogP contribution in [-0.2, 0) is 4.74 Å². The van der Waals surface area contributed by atoms with Crippen LogP contribution in [0.25, 0.3) is 0 Å². The van der Waals surface area contributed by atoms with Crippen LogP contribution in [0.15, 0.2) is 29.2 Å². The highest BCUT2D eigenvalue weighted by Gasteiger charge is 2.15. The van der Waals surface area contributed by atoms with Crippen LogP contribution < -0.4 is 5.32 Å². The fraction of sp³-hybridized carbons (Fsp3) is 0.600. The first-order valence-electron chi connectivity index (χ1n) is 6.87. The van der Waals surface area contributed by atoms with Gasteiger partial charge in [-0.2, -0.15) is 0 Å². The maximum absolute atomic E-state index is 5.39. The van der Waals surface area contributed by atoms with E-state index in [9.17, 15) is 0 Å². The highest BCUT2D eigenvalue weighted by Crippen LogP contribution is 2.30. The van der Waals surface area contributed by atoms with Crippen molar-refractivity contribution in [3.8, 4) is 0 Å². The summed E-state index contributed by atoms with van der Waals surface area (Å²) >= 11 is 2.00. The average Bonchev–Trinajstić information content (AvgIpc) is 2.41. The Labute approximate surface area is 114 Å². The summed E-state index contributed by atoms with van der Waals surface area (Å²) in [5, 5.41) is 4.17. The Kier molecular flexibility index (Phi) is 5.54. The third kappa shape index (κ3) is 4.01. The van der Waals surface area contributed by atoms with Crippen molar-refractivity contribution in [1.82, 2.24) is 5.32 Å². The molecule has 100 valence electrons. The number of hydrogen-bond donors (Lipinski definition) is 1. The normalized spacial score (nSPS) is 18.8. The van der Waals surface area contributed by atoms with Crippen molar-refractivity contribution >= 4 is 11.8 Å². The van der Waals surface area contributed by atoms with Gasteiger partial charge < -0.3 is 10.1 Å². The molecule has 0 bridgehead atoms. The molecule has 1 aliphatic heterocycles. The summed E-state index contributed by atoms with van der Waals surface area (Å²) in [6.07, 6.45) is 2.36. The largest absolute Gasteiger partial charge is 0.381 e. The summed E-state index contributed by atoms with van der Waals surface area (Å²) in [4.78, 5) is 1.38. The van der Waals surface area contributed by atoms with E-state index in [-0.39, 0.29) is 0 Å². The molecule has 1 unspecified atom stereocenters. The van der Waals surface area contributed by atoms with Crippen LogP contribution in [0.1, 0.15) is 38.3 Å². The molecule has 0 radical (unpaired) electrons. The van der Waals surface area contributed by atoms with E-state index in [1.54, 1.807) is 0 Å². The molecule has 1 aromatic rings. The molecule has 1 saturated heterocycles. The fourth-order valence-electron chi connectivity index (χ4n) is 2.25. The summed E-state index contributed by atoms with van der Waals surface area (Å²) in [5.74, 6) is 0. The summed E-state index contributed by atoms with van der Waals surface area (Å²) in [7, 11) is 0. The van der Waals surface area contributed by atoms with Gasteiger partial charge in [-0.1, -0.05) is 19.1 Å². The standard InChI is InChI=1S/C15H23NOS/c1-3-16-12(2)13-4-6-14(7-5-13)18-15-8-10-17-11-9-15/h4-7,12,15-16H,3,8-11H2,1-2H3. The molecule has 0 aliphatic carbocycles. The van der Waals surface area contributed by atoms with E-state index in [2.05, 4.69) is 43.4 Å². The SMILES string of the molecule is CCNC(C)c1ccc(SC2CCOCC2)cc1. The Hall–Kier alpha value is -0.510. The summed E-state index contributed by atoms with van der Waals surface area (Å²) in [6, 6.07) is 9.44. The molecule has 0 saturated carbocycles. The molecule has 1 atom stereocenters. The highest BCUT2D eigenvalue weighted by molar-refractivity contribution is 8.00. The van der Waals surface area contributed by atoms with Gasteiger partial charge in [0.05, 0.1) is 0 Å². The number of benzene rings is 1.